The van der Waals surface area contributed by atoms with Crippen LogP contribution in [0.25, 0.3) is 0 Å². The lowest BCUT2D eigenvalue weighted by Crippen LogP contribution is -2.56. The van der Waals surface area contributed by atoms with E-state index in [0.29, 0.717) is 24.5 Å². The number of aliphatic hydroxyl groups is 1. The predicted octanol–water partition coefficient (Wildman–Crippen LogP) is 2.53. The number of aliphatic hydroxyl groups excluding tert-OH is 1. The molecule has 0 radical (unpaired) electrons. The van der Waals surface area contributed by atoms with Crippen molar-refractivity contribution in [2.24, 2.45) is 22.7 Å². The molecule has 0 aromatic heterocycles. The van der Waals surface area contributed by atoms with Crippen molar-refractivity contribution in [3.8, 4) is 0 Å². The number of rotatable bonds is 3. The first-order chi connectivity index (χ1) is 11.7. The lowest BCUT2D eigenvalue weighted by molar-refractivity contribution is -0.149. The van der Waals surface area contributed by atoms with Gasteiger partial charge in [-0.2, -0.15) is 0 Å². The van der Waals surface area contributed by atoms with E-state index in [1.807, 2.05) is 0 Å². The minimum absolute atomic E-state index is 0.0355. The average Bonchev–Trinajstić information content (AvgIpc) is 3.07. The van der Waals surface area contributed by atoms with Gasteiger partial charge in [0.15, 0.2) is 0 Å². The highest BCUT2D eigenvalue weighted by Crippen LogP contribution is 2.65. The van der Waals surface area contributed by atoms with E-state index in [0.717, 1.165) is 24.8 Å². The van der Waals surface area contributed by atoms with Crippen molar-refractivity contribution in [2.45, 2.75) is 58.7 Å². The summed E-state index contributed by atoms with van der Waals surface area (Å²) < 4.78 is 10.7. The molecule has 6 atom stereocenters. The van der Waals surface area contributed by atoms with Gasteiger partial charge in [-0.3, -0.25) is 0 Å². The van der Waals surface area contributed by atoms with E-state index < -0.39 is 6.10 Å². The van der Waals surface area contributed by atoms with Crippen LogP contribution in [0.1, 0.15) is 46.5 Å². The minimum Gasteiger partial charge on any atom is -0.458 e. The highest BCUT2D eigenvalue weighted by molar-refractivity contribution is 5.93. The Labute approximate surface area is 148 Å². The molecular formula is C20H26O5. The van der Waals surface area contributed by atoms with Gasteiger partial charge in [-0.1, -0.05) is 20.8 Å². The highest BCUT2D eigenvalue weighted by Gasteiger charge is 2.65. The van der Waals surface area contributed by atoms with E-state index in [-0.39, 0.29) is 34.8 Å². The number of cyclic esters (lactones) is 1. The summed E-state index contributed by atoms with van der Waals surface area (Å²) in [6.45, 7) is 7.03. The molecule has 0 spiro atoms. The molecule has 4 aliphatic rings. The molecule has 4 rings (SSSR count). The van der Waals surface area contributed by atoms with Crippen molar-refractivity contribution in [2.75, 3.05) is 6.61 Å². The second-order valence-corrected chi connectivity index (χ2v) is 8.67. The molecule has 5 nitrogen and oxygen atoms in total. The van der Waals surface area contributed by atoms with Gasteiger partial charge in [0.1, 0.15) is 12.7 Å². The number of esters is 2. The Balaban J connectivity index is 1.66. The van der Waals surface area contributed by atoms with Gasteiger partial charge in [-0.15, -0.1) is 0 Å². The second kappa shape index (κ2) is 5.44. The Bertz CT molecular complexity index is 692. The smallest absolute Gasteiger partial charge is 0.334 e. The van der Waals surface area contributed by atoms with Crippen LogP contribution in [0.5, 0.6) is 0 Å². The molecule has 5 heteroatoms. The van der Waals surface area contributed by atoms with Gasteiger partial charge < -0.3 is 14.6 Å². The third-order valence-electron chi connectivity index (χ3n) is 7.47. The summed E-state index contributed by atoms with van der Waals surface area (Å²) in [6.07, 6.45) is 5.85. The summed E-state index contributed by atoms with van der Waals surface area (Å²) in [4.78, 5) is 23.7. The van der Waals surface area contributed by atoms with Crippen molar-refractivity contribution >= 4 is 11.9 Å². The standard InChI is InChI=1S/C20H26O5/c1-11-6-16-20(3)14(18(23)25-16)8-13(21)9-15(20)19(11,2)5-4-12-7-17(22)24-10-12/h7-8,11,13,15-16,21H,4-6,9-10H2,1-3H3. The monoisotopic (exact) mass is 346 g/mol. The molecule has 0 bridgehead atoms. The van der Waals surface area contributed by atoms with E-state index in [1.165, 1.54) is 0 Å². The molecule has 0 aromatic carbocycles. The van der Waals surface area contributed by atoms with Crippen molar-refractivity contribution in [3.05, 3.63) is 23.3 Å². The molecule has 1 saturated carbocycles. The van der Waals surface area contributed by atoms with Crippen LogP contribution in [0.4, 0.5) is 0 Å². The number of ether oxygens (including phenoxy) is 2. The Kier molecular flexibility index (Phi) is 3.66. The summed E-state index contributed by atoms with van der Waals surface area (Å²) in [6, 6.07) is 0. The number of carbonyl (C=O) groups is 2. The van der Waals surface area contributed by atoms with Crippen molar-refractivity contribution in [3.63, 3.8) is 0 Å². The zero-order valence-corrected chi connectivity index (χ0v) is 15.1. The largest absolute Gasteiger partial charge is 0.458 e. The first kappa shape index (κ1) is 16.8. The lowest BCUT2D eigenvalue weighted by Gasteiger charge is -2.57. The fourth-order valence-corrected chi connectivity index (χ4v) is 5.70. The highest BCUT2D eigenvalue weighted by atomic mass is 16.6. The zero-order valence-electron chi connectivity index (χ0n) is 15.1. The third kappa shape index (κ3) is 2.31. The predicted molar refractivity (Wildman–Crippen MR) is 90.3 cm³/mol. The second-order valence-electron chi connectivity index (χ2n) is 8.67. The van der Waals surface area contributed by atoms with Crippen LogP contribution in [-0.2, 0) is 19.1 Å². The first-order valence-corrected chi connectivity index (χ1v) is 9.22. The molecule has 2 aliphatic heterocycles. The lowest BCUT2D eigenvalue weighted by atomic mass is 9.46. The van der Waals surface area contributed by atoms with Crippen LogP contribution in [0, 0.1) is 22.7 Å². The third-order valence-corrected chi connectivity index (χ3v) is 7.47. The van der Waals surface area contributed by atoms with Crippen LogP contribution in [-0.4, -0.2) is 35.9 Å². The Morgan fingerprint density at radius 1 is 1.28 bits per heavy atom. The summed E-state index contributed by atoms with van der Waals surface area (Å²) >= 11 is 0. The van der Waals surface area contributed by atoms with E-state index in [1.54, 1.807) is 12.2 Å². The fourth-order valence-electron chi connectivity index (χ4n) is 5.70. The SMILES string of the molecule is CC1CC2OC(=O)C3=CC(O)CC(C1(C)CCC1=CC(=O)OC1)C32C. The molecule has 2 fully saturated rings. The number of carbonyl (C=O) groups excluding carboxylic acids is 2. The van der Waals surface area contributed by atoms with Gasteiger partial charge in [0.25, 0.3) is 0 Å². The summed E-state index contributed by atoms with van der Waals surface area (Å²) in [5, 5.41) is 10.4. The molecule has 25 heavy (non-hydrogen) atoms. The molecule has 2 heterocycles. The van der Waals surface area contributed by atoms with E-state index in [4.69, 9.17) is 9.47 Å². The quantitative estimate of drug-likeness (QED) is 0.795. The van der Waals surface area contributed by atoms with Crippen molar-refractivity contribution < 1.29 is 24.2 Å². The molecule has 0 amide bonds. The van der Waals surface area contributed by atoms with Crippen LogP contribution in [0.15, 0.2) is 23.3 Å². The summed E-state index contributed by atoms with van der Waals surface area (Å²) in [5.41, 5.74) is 1.34. The Hall–Kier alpha value is -1.62. The normalized spacial score (nSPS) is 45.4. The van der Waals surface area contributed by atoms with Crippen LogP contribution in [0.3, 0.4) is 0 Å². The van der Waals surface area contributed by atoms with Crippen LogP contribution in [0.2, 0.25) is 0 Å². The van der Waals surface area contributed by atoms with Crippen molar-refractivity contribution in [1.82, 2.24) is 0 Å². The maximum atomic E-state index is 12.4. The van der Waals surface area contributed by atoms with Gasteiger partial charge in [0.05, 0.1) is 6.10 Å². The molecular weight excluding hydrogens is 320 g/mol. The van der Waals surface area contributed by atoms with E-state index in [9.17, 15) is 14.7 Å². The molecule has 2 aliphatic carbocycles. The molecule has 6 unspecified atom stereocenters. The van der Waals surface area contributed by atoms with Gasteiger partial charge in [-0.05, 0) is 54.6 Å². The Morgan fingerprint density at radius 2 is 2.04 bits per heavy atom. The molecule has 0 aromatic rings. The molecule has 136 valence electrons. The summed E-state index contributed by atoms with van der Waals surface area (Å²) in [5.74, 6) is 0.0302. The van der Waals surface area contributed by atoms with Gasteiger partial charge in [-0.25, -0.2) is 9.59 Å². The van der Waals surface area contributed by atoms with Gasteiger partial charge in [0, 0.05) is 17.1 Å². The van der Waals surface area contributed by atoms with E-state index in [2.05, 4.69) is 20.8 Å². The zero-order chi connectivity index (χ0) is 18.0. The van der Waals surface area contributed by atoms with Gasteiger partial charge >= 0.3 is 11.9 Å². The van der Waals surface area contributed by atoms with Crippen LogP contribution >= 0.6 is 0 Å². The fraction of sp³-hybridized carbons (Fsp3) is 0.700. The minimum atomic E-state index is -0.598. The number of hydrogen-bond donors (Lipinski definition) is 1. The Morgan fingerprint density at radius 3 is 2.72 bits per heavy atom. The average molecular weight is 346 g/mol. The van der Waals surface area contributed by atoms with E-state index >= 15 is 0 Å². The molecule has 1 saturated heterocycles. The topological polar surface area (TPSA) is 72.8 Å². The van der Waals surface area contributed by atoms with Gasteiger partial charge in [0.2, 0.25) is 0 Å². The first-order valence-electron chi connectivity index (χ1n) is 9.22. The van der Waals surface area contributed by atoms with Crippen LogP contribution < -0.4 is 0 Å². The van der Waals surface area contributed by atoms with Crippen molar-refractivity contribution in [1.29, 1.82) is 0 Å². The maximum Gasteiger partial charge on any atom is 0.334 e. The summed E-state index contributed by atoms with van der Waals surface area (Å²) in [7, 11) is 0. The maximum absolute atomic E-state index is 12.4. The number of hydrogen-bond acceptors (Lipinski definition) is 5. The molecule has 1 N–H and O–H groups in total.